The first-order chi connectivity index (χ1) is 15.8. The highest BCUT2D eigenvalue weighted by molar-refractivity contribution is 7.07. The maximum Gasteiger partial charge on any atom is 0.573 e. The predicted octanol–water partition coefficient (Wildman–Crippen LogP) is 4.22. The van der Waals surface area contributed by atoms with Crippen molar-refractivity contribution in [3.05, 3.63) is 58.2 Å². The smallest absolute Gasteiger partial charge is 0.497 e. The van der Waals surface area contributed by atoms with Crippen LogP contribution in [0, 0.1) is 0 Å². The minimum absolute atomic E-state index is 0.271. The zero-order chi connectivity index (χ0) is 24.0. The van der Waals surface area contributed by atoms with Crippen LogP contribution in [0.1, 0.15) is 16.8 Å². The molecule has 0 atom stereocenters. The number of benzene rings is 2. The fourth-order valence-corrected chi connectivity index (χ4v) is 4.00. The lowest BCUT2D eigenvalue weighted by Gasteiger charge is -2.11. The second kappa shape index (κ2) is 10.5. The lowest BCUT2D eigenvalue weighted by atomic mass is 10.1. The fraction of sp³-hybridized carbons (Fsp3) is 0.273. The number of rotatable bonds is 8. The molecule has 2 N–H and O–H groups in total. The Hall–Kier alpha value is -3.31. The second-order valence-electron chi connectivity index (χ2n) is 6.75. The van der Waals surface area contributed by atoms with E-state index in [0.29, 0.717) is 47.1 Å². The minimum atomic E-state index is -4.76. The van der Waals surface area contributed by atoms with Gasteiger partial charge in [0.25, 0.3) is 5.91 Å². The van der Waals surface area contributed by atoms with Gasteiger partial charge >= 0.3 is 6.36 Å². The molecule has 33 heavy (non-hydrogen) atoms. The molecular weight excluding hydrogens is 459 g/mol. The Morgan fingerprint density at radius 3 is 2.39 bits per heavy atom. The molecule has 3 rings (SSSR count). The van der Waals surface area contributed by atoms with Gasteiger partial charge in [-0.15, -0.1) is 24.5 Å². The maximum absolute atomic E-state index is 12.9. The molecule has 0 unspecified atom stereocenters. The lowest BCUT2D eigenvalue weighted by molar-refractivity contribution is -0.274. The van der Waals surface area contributed by atoms with Crippen LogP contribution >= 0.6 is 11.3 Å². The van der Waals surface area contributed by atoms with E-state index in [1.54, 1.807) is 23.6 Å². The van der Waals surface area contributed by atoms with Crippen LogP contribution in [-0.2, 0) is 6.54 Å². The molecule has 0 saturated heterocycles. The van der Waals surface area contributed by atoms with Crippen molar-refractivity contribution in [2.45, 2.75) is 19.3 Å². The van der Waals surface area contributed by atoms with Crippen molar-refractivity contribution in [2.75, 3.05) is 20.8 Å². The first-order valence-electron chi connectivity index (χ1n) is 9.81. The summed E-state index contributed by atoms with van der Waals surface area (Å²) in [7, 11) is 2.96. The van der Waals surface area contributed by atoms with Gasteiger partial charge in [0.15, 0.2) is 4.80 Å². The van der Waals surface area contributed by atoms with Crippen LogP contribution in [0.2, 0.25) is 0 Å². The molecule has 176 valence electrons. The Morgan fingerprint density at radius 2 is 1.79 bits per heavy atom. The number of carbonyl (C=O) groups is 1. The number of alkyl halides is 3. The van der Waals surface area contributed by atoms with Crippen molar-refractivity contribution in [3.8, 4) is 28.5 Å². The molecule has 0 aliphatic rings. The monoisotopic (exact) mass is 481 g/mol. The SMILES string of the molecule is COc1ccc(C(=O)N=c2scc(-c3ccc(OC(F)(F)F)cc3)n2CCCN)c(OC)c1. The Bertz CT molecular complexity index is 1170. The molecule has 0 spiro atoms. The quantitative estimate of drug-likeness (QED) is 0.521. The molecule has 1 amide bonds. The molecular formula is C22H22F3N3O4S. The van der Waals surface area contributed by atoms with Crippen molar-refractivity contribution < 1.29 is 32.2 Å². The normalized spacial score (nSPS) is 12.0. The van der Waals surface area contributed by atoms with E-state index in [-0.39, 0.29) is 11.3 Å². The van der Waals surface area contributed by atoms with Crippen molar-refractivity contribution in [1.82, 2.24) is 4.57 Å². The summed E-state index contributed by atoms with van der Waals surface area (Å²) in [6.07, 6.45) is -4.15. The van der Waals surface area contributed by atoms with E-state index in [9.17, 15) is 18.0 Å². The molecule has 11 heteroatoms. The van der Waals surface area contributed by atoms with E-state index in [1.807, 2.05) is 4.57 Å². The first kappa shape index (κ1) is 24.3. The van der Waals surface area contributed by atoms with Gasteiger partial charge in [-0.3, -0.25) is 4.79 Å². The van der Waals surface area contributed by atoms with E-state index in [1.165, 1.54) is 49.8 Å². The highest BCUT2D eigenvalue weighted by Crippen LogP contribution is 2.28. The van der Waals surface area contributed by atoms with Gasteiger partial charge in [-0.2, -0.15) is 4.99 Å². The number of nitrogens with zero attached hydrogens (tertiary/aromatic N) is 2. The van der Waals surface area contributed by atoms with Crippen molar-refractivity contribution in [3.63, 3.8) is 0 Å². The second-order valence-corrected chi connectivity index (χ2v) is 7.59. The number of amides is 1. The zero-order valence-corrected chi connectivity index (χ0v) is 18.7. The molecule has 0 aliphatic carbocycles. The highest BCUT2D eigenvalue weighted by Gasteiger charge is 2.31. The molecule has 0 saturated carbocycles. The molecule has 7 nitrogen and oxygen atoms in total. The van der Waals surface area contributed by atoms with Crippen LogP contribution < -0.4 is 24.7 Å². The number of carbonyl (C=O) groups excluding carboxylic acids is 1. The Morgan fingerprint density at radius 1 is 1.09 bits per heavy atom. The van der Waals surface area contributed by atoms with Crippen LogP contribution in [0.25, 0.3) is 11.3 Å². The molecule has 0 fully saturated rings. The summed E-state index contributed by atoms with van der Waals surface area (Å²) in [5.41, 5.74) is 7.27. The van der Waals surface area contributed by atoms with E-state index < -0.39 is 12.3 Å². The largest absolute Gasteiger partial charge is 0.573 e. The van der Waals surface area contributed by atoms with Gasteiger partial charge in [0.05, 0.1) is 25.5 Å². The third-order valence-electron chi connectivity index (χ3n) is 4.60. The summed E-state index contributed by atoms with van der Waals surface area (Å²) in [5, 5.41) is 1.79. The summed E-state index contributed by atoms with van der Waals surface area (Å²) in [6.45, 7) is 0.891. The Kier molecular flexibility index (Phi) is 7.77. The van der Waals surface area contributed by atoms with Crippen molar-refractivity contribution in [1.29, 1.82) is 0 Å². The number of aromatic nitrogens is 1. The Balaban J connectivity index is 1.99. The van der Waals surface area contributed by atoms with Crippen LogP contribution in [0.3, 0.4) is 0 Å². The van der Waals surface area contributed by atoms with Gasteiger partial charge in [-0.25, -0.2) is 0 Å². The average molecular weight is 481 g/mol. The molecule has 2 aromatic carbocycles. The number of ether oxygens (including phenoxy) is 3. The molecule has 0 bridgehead atoms. The maximum atomic E-state index is 12.9. The standard InChI is InChI=1S/C22H22F3N3O4S/c1-30-16-8-9-17(19(12-16)31-2)20(29)27-21-28(11-3-10-26)18(13-33-21)14-4-6-15(7-5-14)32-22(23,24)25/h4-9,12-13H,3,10-11,26H2,1-2H3. The van der Waals surface area contributed by atoms with Gasteiger partial charge in [-0.05, 0) is 54.9 Å². The van der Waals surface area contributed by atoms with Crippen molar-refractivity contribution in [2.24, 2.45) is 10.7 Å². The molecule has 3 aromatic rings. The summed E-state index contributed by atoms with van der Waals surface area (Å²) < 4.78 is 53.5. The van der Waals surface area contributed by atoms with Gasteiger partial charge in [0, 0.05) is 18.0 Å². The fourth-order valence-electron chi connectivity index (χ4n) is 3.06. The molecule has 1 aromatic heterocycles. The minimum Gasteiger partial charge on any atom is -0.497 e. The molecule has 0 radical (unpaired) electrons. The summed E-state index contributed by atoms with van der Waals surface area (Å²) in [4.78, 5) is 17.6. The zero-order valence-electron chi connectivity index (χ0n) is 17.9. The third kappa shape index (κ3) is 6.14. The lowest BCUT2D eigenvalue weighted by Crippen LogP contribution is -2.20. The van der Waals surface area contributed by atoms with Gasteiger partial charge in [-0.1, -0.05) is 0 Å². The number of methoxy groups -OCH3 is 2. The summed E-state index contributed by atoms with van der Waals surface area (Å²) in [5.74, 6) is 0.0476. The number of nitrogens with two attached hydrogens (primary N) is 1. The van der Waals surface area contributed by atoms with Crippen LogP contribution in [0.5, 0.6) is 17.2 Å². The number of halogens is 3. The van der Waals surface area contributed by atoms with E-state index in [0.717, 1.165) is 0 Å². The topological polar surface area (TPSA) is 88.1 Å². The van der Waals surface area contributed by atoms with Crippen LogP contribution in [0.15, 0.2) is 52.8 Å². The number of hydrogen-bond acceptors (Lipinski definition) is 6. The van der Waals surface area contributed by atoms with Crippen LogP contribution in [-0.4, -0.2) is 37.6 Å². The van der Waals surface area contributed by atoms with Gasteiger partial charge in [0.2, 0.25) is 0 Å². The number of thiazole rings is 1. The van der Waals surface area contributed by atoms with Gasteiger partial charge < -0.3 is 24.5 Å². The Labute approximate surface area is 191 Å². The number of hydrogen-bond donors (Lipinski definition) is 1. The van der Waals surface area contributed by atoms with Crippen LogP contribution in [0.4, 0.5) is 13.2 Å². The van der Waals surface area contributed by atoms with Gasteiger partial charge in [0.1, 0.15) is 17.2 Å². The molecule has 1 heterocycles. The van der Waals surface area contributed by atoms with E-state index in [4.69, 9.17) is 15.2 Å². The summed E-state index contributed by atoms with van der Waals surface area (Å²) in [6, 6.07) is 10.3. The predicted molar refractivity (Wildman–Crippen MR) is 118 cm³/mol. The average Bonchev–Trinajstić information content (AvgIpc) is 3.18. The molecule has 0 aliphatic heterocycles. The first-order valence-corrected chi connectivity index (χ1v) is 10.7. The van der Waals surface area contributed by atoms with E-state index in [2.05, 4.69) is 9.73 Å². The van der Waals surface area contributed by atoms with E-state index >= 15 is 0 Å². The third-order valence-corrected chi connectivity index (χ3v) is 5.47. The highest BCUT2D eigenvalue weighted by atomic mass is 32.1. The summed E-state index contributed by atoms with van der Waals surface area (Å²) >= 11 is 1.24. The van der Waals surface area contributed by atoms with Crippen molar-refractivity contribution >= 4 is 17.2 Å².